The zero-order valence-electron chi connectivity index (χ0n) is 23.6. The van der Waals surface area contributed by atoms with Crippen molar-refractivity contribution in [2.75, 3.05) is 6.61 Å². The zero-order valence-corrected chi connectivity index (χ0v) is 23.6. The fraction of sp³-hybridized carbons (Fsp3) is 0.833. The second-order valence-corrected chi connectivity index (χ2v) is 10.3. The van der Waals surface area contributed by atoms with Crippen molar-refractivity contribution >= 4 is 11.9 Å². The van der Waals surface area contributed by atoms with E-state index in [1.54, 1.807) is 6.20 Å². The number of aryl methyl sites for hydroxylation is 1. The van der Waals surface area contributed by atoms with Gasteiger partial charge in [0.2, 0.25) is 0 Å². The Balaban J connectivity index is 2.23. The summed E-state index contributed by atoms with van der Waals surface area (Å²) in [5.74, 6) is 0.0389. The summed E-state index contributed by atoms with van der Waals surface area (Å²) in [7, 11) is 0. The molecule has 0 fully saturated rings. The quantitative estimate of drug-likeness (QED) is 0.112. The summed E-state index contributed by atoms with van der Waals surface area (Å²) in [6, 6.07) is 0. The molecule has 6 nitrogen and oxygen atoms in total. The fourth-order valence-corrected chi connectivity index (χ4v) is 4.38. The maximum Gasteiger partial charge on any atom is 0.306 e. The third-order valence-electron chi connectivity index (χ3n) is 6.67. The second kappa shape index (κ2) is 22.4. The van der Waals surface area contributed by atoms with Crippen LogP contribution >= 0.6 is 0 Å². The molecular formula is C30H54N2O4. The number of carbonyl (C=O) groups excluding carboxylic acids is 2. The smallest absolute Gasteiger partial charge is 0.306 e. The molecule has 0 amide bonds. The van der Waals surface area contributed by atoms with Gasteiger partial charge in [0.05, 0.1) is 0 Å². The molecule has 208 valence electrons. The Morgan fingerprint density at radius 2 is 1.17 bits per heavy atom. The van der Waals surface area contributed by atoms with Crippen molar-refractivity contribution in [3.63, 3.8) is 0 Å². The molecule has 0 saturated carbocycles. The van der Waals surface area contributed by atoms with Crippen LogP contribution in [0.5, 0.6) is 0 Å². The molecule has 6 heteroatoms. The van der Waals surface area contributed by atoms with Crippen LogP contribution < -0.4 is 0 Å². The van der Waals surface area contributed by atoms with E-state index in [0.717, 1.165) is 37.8 Å². The average Bonchev–Trinajstić information content (AvgIpc) is 3.30. The van der Waals surface area contributed by atoms with E-state index in [1.165, 1.54) is 83.5 Å². The van der Waals surface area contributed by atoms with E-state index in [4.69, 9.17) is 9.47 Å². The summed E-state index contributed by atoms with van der Waals surface area (Å²) >= 11 is 0. The van der Waals surface area contributed by atoms with E-state index < -0.39 is 6.10 Å². The number of ether oxygens (including phenoxy) is 2. The highest BCUT2D eigenvalue weighted by atomic mass is 16.6. The van der Waals surface area contributed by atoms with Crippen LogP contribution in [0.25, 0.3) is 0 Å². The lowest BCUT2D eigenvalue weighted by Gasteiger charge is -2.16. The van der Waals surface area contributed by atoms with Crippen LogP contribution in [0.3, 0.4) is 0 Å². The van der Waals surface area contributed by atoms with Crippen LogP contribution in [0.15, 0.2) is 6.20 Å². The Morgan fingerprint density at radius 1 is 0.722 bits per heavy atom. The highest BCUT2D eigenvalue weighted by Gasteiger charge is 2.21. The molecular weight excluding hydrogens is 452 g/mol. The fourth-order valence-electron chi connectivity index (χ4n) is 4.38. The lowest BCUT2D eigenvalue weighted by atomic mass is 10.1. The standard InChI is InChI=1S/C30H54N2O4/c1-4-6-8-10-12-14-16-18-20-22-28(33)35-25-27(30-31-24-26(3)32-30)36-29(34)23-21-19-17-15-13-11-9-7-5-2/h24,27H,4-23,25H2,1-3H3,(H,31,32). The minimum Gasteiger partial charge on any atom is -0.461 e. The van der Waals surface area contributed by atoms with E-state index in [1.807, 2.05) is 6.92 Å². The molecule has 1 rings (SSSR count). The van der Waals surface area contributed by atoms with Gasteiger partial charge in [0.15, 0.2) is 11.9 Å². The second-order valence-electron chi connectivity index (χ2n) is 10.3. The van der Waals surface area contributed by atoms with Crippen molar-refractivity contribution in [2.24, 2.45) is 0 Å². The van der Waals surface area contributed by atoms with Gasteiger partial charge in [-0.25, -0.2) is 4.98 Å². The average molecular weight is 507 g/mol. The van der Waals surface area contributed by atoms with Gasteiger partial charge in [-0.3, -0.25) is 9.59 Å². The largest absolute Gasteiger partial charge is 0.461 e. The number of esters is 2. The topological polar surface area (TPSA) is 81.3 Å². The van der Waals surface area contributed by atoms with Crippen molar-refractivity contribution in [1.82, 2.24) is 9.97 Å². The van der Waals surface area contributed by atoms with E-state index in [9.17, 15) is 9.59 Å². The molecule has 0 spiro atoms. The number of rotatable bonds is 24. The van der Waals surface area contributed by atoms with E-state index in [-0.39, 0.29) is 18.5 Å². The van der Waals surface area contributed by atoms with Crippen LogP contribution in [-0.2, 0) is 19.1 Å². The molecule has 0 aromatic carbocycles. The van der Waals surface area contributed by atoms with Crippen molar-refractivity contribution in [2.45, 2.75) is 155 Å². The van der Waals surface area contributed by atoms with Gasteiger partial charge in [0, 0.05) is 24.7 Å². The normalized spacial score (nSPS) is 12.0. The van der Waals surface area contributed by atoms with Crippen molar-refractivity contribution in [3.05, 3.63) is 17.7 Å². The van der Waals surface area contributed by atoms with E-state index >= 15 is 0 Å². The number of H-pyrrole nitrogens is 1. The number of carbonyl (C=O) groups is 2. The lowest BCUT2D eigenvalue weighted by molar-refractivity contribution is -0.160. The number of nitrogens with one attached hydrogen (secondary N) is 1. The molecule has 1 heterocycles. The van der Waals surface area contributed by atoms with Crippen molar-refractivity contribution in [1.29, 1.82) is 0 Å². The Morgan fingerprint density at radius 3 is 1.61 bits per heavy atom. The molecule has 36 heavy (non-hydrogen) atoms. The zero-order chi connectivity index (χ0) is 26.3. The molecule has 0 aliphatic rings. The van der Waals surface area contributed by atoms with Gasteiger partial charge in [-0.15, -0.1) is 0 Å². The number of imidazole rings is 1. The first-order valence-electron chi connectivity index (χ1n) is 14.9. The van der Waals surface area contributed by atoms with Crippen molar-refractivity contribution < 1.29 is 19.1 Å². The van der Waals surface area contributed by atoms with Gasteiger partial charge < -0.3 is 14.5 Å². The first kappa shape index (κ1) is 32.2. The van der Waals surface area contributed by atoms with Crippen LogP contribution in [0, 0.1) is 6.92 Å². The maximum atomic E-state index is 12.4. The van der Waals surface area contributed by atoms with Gasteiger partial charge in [-0.05, 0) is 19.8 Å². The van der Waals surface area contributed by atoms with Crippen LogP contribution in [0.4, 0.5) is 0 Å². The molecule has 1 aromatic rings. The minimum absolute atomic E-state index is 0.00666. The SMILES string of the molecule is CCCCCCCCCCCC(=O)OCC(OC(=O)CCCCCCCCCCC)c1ncc(C)[nH]1. The molecule has 1 atom stereocenters. The molecule has 1 aromatic heterocycles. The van der Waals surface area contributed by atoms with Gasteiger partial charge in [0.1, 0.15) is 6.61 Å². The first-order chi connectivity index (χ1) is 17.6. The van der Waals surface area contributed by atoms with Crippen LogP contribution in [0.2, 0.25) is 0 Å². The summed E-state index contributed by atoms with van der Waals surface area (Å²) in [4.78, 5) is 32.1. The predicted molar refractivity (Wildman–Crippen MR) is 147 cm³/mol. The van der Waals surface area contributed by atoms with Gasteiger partial charge in [-0.1, -0.05) is 117 Å². The minimum atomic E-state index is -0.683. The van der Waals surface area contributed by atoms with Gasteiger partial charge in [0.25, 0.3) is 0 Å². The Labute approximate surface area is 220 Å². The van der Waals surface area contributed by atoms with E-state index in [0.29, 0.717) is 18.7 Å². The number of hydrogen-bond donors (Lipinski definition) is 1. The summed E-state index contributed by atoms with van der Waals surface area (Å²) < 4.78 is 11.1. The predicted octanol–water partition coefficient (Wildman–Crippen LogP) is 8.69. The molecule has 0 saturated heterocycles. The third-order valence-corrected chi connectivity index (χ3v) is 6.67. The molecule has 0 aliphatic carbocycles. The molecule has 1 N–H and O–H groups in total. The highest BCUT2D eigenvalue weighted by molar-refractivity contribution is 5.70. The Hall–Kier alpha value is -1.85. The van der Waals surface area contributed by atoms with Gasteiger partial charge >= 0.3 is 11.9 Å². The Bertz CT molecular complexity index is 674. The monoisotopic (exact) mass is 506 g/mol. The van der Waals surface area contributed by atoms with E-state index in [2.05, 4.69) is 23.8 Å². The number of aromatic amines is 1. The number of aromatic nitrogens is 2. The number of unbranched alkanes of at least 4 members (excludes halogenated alkanes) is 16. The first-order valence-corrected chi connectivity index (χ1v) is 14.9. The van der Waals surface area contributed by atoms with Crippen molar-refractivity contribution in [3.8, 4) is 0 Å². The molecule has 0 bridgehead atoms. The number of hydrogen-bond acceptors (Lipinski definition) is 5. The molecule has 1 unspecified atom stereocenters. The lowest BCUT2D eigenvalue weighted by Crippen LogP contribution is -2.20. The summed E-state index contributed by atoms with van der Waals surface area (Å²) in [5.41, 5.74) is 0.881. The molecule has 0 aliphatic heterocycles. The van der Waals surface area contributed by atoms with Gasteiger partial charge in [-0.2, -0.15) is 0 Å². The third kappa shape index (κ3) is 17.6. The maximum absolute atomic E-state index is 12.4. The summed E-state index contributed by atoms with van der Waals surface area (Å²) in [6.07, 6.45) is 23.5. The Kier molecular flexibility index (Phi) is 20.0. The highest BCUT2D eigenvalue weighted by Crippen LogP contribution is 2.18. The summed E-state index contributed by atoms with van der Waals surface area (Å²) in [6.45, 7) is 6.37. The van der Waals surface area contributed by atoms with Crippen LogP contribution in [-0.4, -0.2) is 28.5 Å². The van der Waals surface area contributed by atoms with Crippen LogP contribution in [0.1, 0.15) is 160 Å². The molecule has 0 radical (unpaired) electrons. The summed E-state index contributed by atoms with van der Waals surface area (Å²) in [5, 5.41) is 0. The number of nitrogens with zero attached hydrogens (tertiary/aromatic N) is 1.